The molecular formula is C16H20FNS. The van der Waals surface area contributed by atoms with Gasteiger partial charge in [0.15, 0.2) is 0 Å². The van der Waals surface area contributed by atoms with Gasteiger partial charge in [0, 0.05) is 22.9 Å². The Kier molecular flexibility index (Phi) is 5.11. The van der Waals surface area contributed by atoms with Gasteiger partial charge < -0.3 is 5.32 Å². The van der Waals surface area contributed by atoms with Crippen molar-refractivity contribution in [2.75, 3.05) is 6.54 Å². The van der Waals surface area contributed by atoms with E-state index in [1.807, 2.05) is 25.1 Å². The lowest BCUT2D eigenvalue weighted by atomic mass is 10.00. The molecular weight excluding hydrogens is 257 g/mol. The zero-order valence-electron chi connectivity index (χ0n) is 11.4. The summed E-state index contributed by atoms with van der Waals surface area (Å²) < 4.78 is 14.0. The second kappa shape index (κ2) is 6.83. The number of nitrogens with one attached hydrogen (secondary N) is 1. The molecule has 2 aromatic rings. The van der Waals surface area contributed by atoms with Crippen LogP contribution in [-0.4, -0.2) is 6.54 Å². The molecule has 0 saturated heterocycles. The monoisotopic (exact) mass is 277 g/mol. The van der Waals surface area contributed by atoms with Crippen molar-refractivity contribution in [2.45, 2.75) is 32.7 Å². The standard InChI is InChI=1S/C16H20FNS/c1-3-8-18-16(11-13-5-4-9-19-13)14-10-12(2)6-7-15(14)17/h4-7,9-10,16,18H,3,8,11H2,1-2H3. The number of thiophene rings is 1. The quantitative estimate of drug-likeness (QED) is 0.821. The summed E-state index contributed by atoms with van der Waals surface area (Å²) in [7, 11) is 0. The molecule has 0 fully saturated rings. The van der Waals surface area contributed by atoms with Gasteiger partial charge in [0.25, 0.3) is 0 Å². The molecule has 1 aromatic heterocycles. The average molecular weight is 277 g/mol. The second-order valence-corrected chi connectivity index (χ2v) is 5.85. The molecule has 102 valence electrons. The van der Waals surface area contributed by atoms with Crippen LogP contribution in [0.1, 0.15) is 35.4 Å². The molecule has 1 unspecified atom stereocenters. The molecule has 0 spiro atoms. The minimum Gasteiger partial charge on any atom is -0.310 e. The van der Waals surface area contributed by atoms with Gasteiger partial charge in [-0.3, -0.25) is 0 Å². The van der Waals surface area contributed by atoms with Crippen molar-refractivity contribution in [3.05, 3.63) is 57.5 Å². The van der Waals surface area contributed by atoms with Gasteiger partial charge in [0.1, 0.15) is 5.82 Å². The maximum Gasteiger partial charge on any atom is 0.128 e. The third kappa shape index (κ3) is 3.88. The summed E-state index contributed by atoms with van der Waals surface area (Å²) in [5.74, 6) is -0.115. The highest BCUT2D eigenvalue weighted by atomic mass is 32.1. The third-order valence-corrected chi connectivity index (χ3v) is 4.05. The molecule has 1 aromatic carbocycles. The minimum atomic E-state index is -0.115. The van der Waals surface area contributed by atoms with Crippen molar-refractivity contribution < 1.29 is 4.39 Å². The van der Waals surface area contributed by atoms with Gasteiger partial charge >= 0.3 is 0 Å². The predicted molar refractivity (Wildman–Crippen MR) is 80.2 cm³/mol. The van der Waals surface area contributed by atoms with Gasteiger partial charge in [-0.2, -0.15) is 0 Å². The van der Waals surface area contributed by atoms with E-state index >= 15 is 0 Å². The summed E-state index contributed by atoms with van der Waals surface area (Å²) in [6.07, 6.45) is 1.90. The molecule has 0 aliphatic rings. The summed E-state index contributed by atoms with van der Waals surface area (Å²) in [5.41, 5.74) is 1.88. The summed E-state index contributed by atoms with van der Waals surface area (Å²) in [6.45, 7) is 5.04. The fourth-order valence-electron chi connectivity index (χ4n) is 2.17. The van der Waals surface area contributed by atoms with Crippen LogP contribution in [0.4, 0.5) is 4.39 Å². The fourth-order valence-corrected chi connectivity index (χ4v) is 2.92. The molecule has 2 rings (SSSR count). The van der Waals surface area contributed by atoms with Crippen molar-refractivity contribution in [2.24, 2.45) is 0 Å². The summed E-state index contributed by atoms with van der Waals surface area (Å²) in [6, 6.07) is 9.55. The van der Waals surface area contributed by atoms with Crippen LogP contribution in [0.5, 0.6) is 0 Å². The molecule has 1 heterocycles. The zero-order valence-corrected chi connectivity index (χ0v) is 12.3. The van der Waals surface area contributed by atoms with E-state index in [0.29, 0.717) is 0 Å². The average Bonchev–Trinajstić information content (AvgIpc) is 2.90. The first-order chi connectivity index (χ1) is 9.20. The Morgan fingerprint density at radius 2 is 2.16 bits per heavy atom. The second-order valence-electron chi connectivity index (χ2n) is 4.82. The van der Waals surface area contributed by atoms with Gasteiger partial charge in [0.05, 0.1) is 0 Å². The molecule has 0 aliphatic carbocycles. The summed E-state index contributed by atoms with van der Waals surface area (Å²) >= 11 is 1.73. The highest BCUT2D eigenvalue weighted by Crippen LogP contribution is 2.24. The van der Waals surface area contributed by atoms with Crippen LogP contribution in [0, 0.1) is 12.7 Å². The van der Waals surface area contributed by atoms with Gasteiger partial charge in [-0.25, -0.2) is 4.39 Å². The summed E-state index contributed by atoms with van der Waals surface area (Å²) in [4.78, 5) is 1.29. The van der Waals surface area contributed by atoms with E-state index in [9.17, 15) is 4.39 Å². The van der Waals surface area contributed by atoms with E-state index in [2.05, 4.69) is 23.7 Å². The zero-order chi connectivity index (χ0) is 13.7. The summed E-state index contributed by atoms with van der Waals surface area (Å²) in [5, 5.41) is 5.53. The third-order valence-electron chi connectivity index (χ3n) is 3.15. The molecule has 0 amide bonds. The predicted octanol–water partition coefficient (Wildman–Crippen LogP) is 4.48. The van der Waals surface area contributed by atoms with Crippen molar-refractivity contribution in [1.29, 1.82) is 0 Å². The van der Waals surface area contributed by atoms with Crippen molar-refractivity contribution in [3.8, 4) is 0 Å². The largest absolute Gasteiger partial charge is 0.310 e. The van der Waals surface area contributed by atoms with Crippen LogP contribution in [0.2, 0.25) is 0 Å². The van der Waals surface area contributed by atoms with Gasteiger partial charge in [-0.1, -0.05) is 30.7 Å². The van der Waals surface area contributed by atoms with Crippen LogP contribution in [0.15, 0.2) is 35.7 Å². The maximum absolute atomic E-state index is 14.0. The SMILES string of the molecule is CCCNC(Cc1cccs1)c1cc(C)ccc1F. The van der Waals surface area contributed by atoms with E-state index in [1.54, 1.807) is 17.4 Å². The first-order valence-electron chi connectivity index (χ1n) is 6.72. The van der Waals surface area contributed by atoms with E-state index in [4.69, 9.17) is 0 Å². The number of hydrogen-bond donors (Lipinski definition) is 1. The maximum atomic E-state index is 14.0. The van der Waals surface area contributed by atoms with Gasteiger partial charge in [-0.15, -0.1) is 11.3 Å². The Bertz CT molecular complexity index is 507. The highest BCUT2D eigenvalue weighted by molar-refractivity contribution is 7.09. The molecule has 0 saturated carbocycles. The Hall–Kier alpha value is -1.19. The van der Waals surface area contributed by atoms with E-state index < -0.39 is 0 Å². The fraction of sp³-hybridized carbons (Fsp3) is 0.375. The first-order valence-corrected chi connectivity index (χ1v) is 7.60. The lowest BCUT2D eigenvalue weighted by molar-refractivity contribution is 0.499. The molecule has 1 nitrogen and oxygen atoms in total. The molecule has 1 N–H and O–H groups in total. The van der Waals surface area contributed by atoms with Gasteiger partial charge in [0.2, 0.25) is 0 Å². The number of halogens is 1. The van der Waals surface area contributed by atoms with Crippen LogP contribution in [0.3, 0.4) is 0 Å². The minimum absolute atomic E-state index is 0.0542. The topological polar surface area (TPSA) is 12.0 Å². The van der Waals surface area contributed by atoms with Crippen molar-refractivity contribution in [1.82, 2.24) is 5.32 Å². The lowest BCUT2D eigenvalue weighted by Gasteiger charge is -2.19. The van der Waals surface area contributed by atoms with Crippen molar-refractivity contribution in [3.63, 3.8) is 0 Å². The first kappa shape index (κ1) is 14.2. The number of rotatable bonds is 6. The van der Waals surface area contributed by atoms with E-state index in [1.165, 1.54) is 4.88 Å². The Morgan fingerprint density at radius 1 is 1.32 bits per heavy atom. The van der Waals surface area contributed by atoms with Crippen molar-refractivity contribution >= 4 is 11.3 Å². The molecule has 19 heavy (non-hydrogen) atoms. The molecule has 1 atom stereocenters. The number of aryl methyl sites for hydroxylation is 1. The number of benzene rings is 1. The highest BCUT2D eigenvalue weighted by Gasteiger charge is 2.16. The van der Waals surface area contributed by atoms with Crippen LogP contribution >= 0.6 is 11.3 Å². The van der Waals surface area contributed by atoms with Crippen LogP contribution in [0.25, 0.3) is 0 Å². The molecule has 0 radical (unpaired) electrons. The van der Waals surface area contributed by atoms with E-state index in [-0.39, 0.29) is 11.9 Å². The smallest absolute Gasteiger partial charge is 0.128 e. The van der Waals surface area contributed by atoms with Crippen LogP contribution in [-0.2, 0) is 6.42 Å². The van der Waals surface area contributed by atoms with Crippen LogP contribution < -0.4 is 5.32 Å². The molecule has 0 aliphatic heterocycles. The Labute approximate surface area is 118 Å². The van der Waals surface area contributed by atoms with Gasteiger partial charge in [-0.05, 0) is 37.4 Å². The number of hydrogen-bond acceptors (Lipinski definition) is 2. The molecule has 0 bridgehead atoms. The van der Waals surface area contributed by atoms with E-state index in [0.717, 1.165) is 30.5 Å². The lowest BCUT2D eigenvalue weighted by Crippen LogP contribution is -2.24. The Balaban J connectivity index is 2.23. The molecule has 3 heteroatoms. The Morgan fingerprint density at radius 3 is 2.84 bits per heavy atom. The normalized spacial score (nSPS) is 12.6.